The molecule has 0 bridgehead atoms. The van der Waals surface area contributed by atoms with Crippen LogP contribution in [0.15, 0.2) is 10.9 Å². The van der Waals surface area contributed by atoms with E-state index in [1.165, 1.54) is 0 Å². The lowest BCUT2D eigenvalue weighted by atomic mass is 10.2. The number of halogens is 3. The van der Waals surface area contributed by atoms with E-state index in [4.69, 9.17) is 4.74 Å². The number of anilines is 1. The lowest BCUT2D eigenvalue weighted by Gasteiger charge is -2.19. The third-order valence-corrected chi connectivity index (χ3v) is 1.80. The van der Waals surface area contributed by atoms with Gasteiger partial charge in [-0.25, -0.2) is 9.78 Å². The van der Waals surface area contributed by atoms with E-state index in [0.29, 0.717) is 6.07 Å². The largest absolute Gasteiger partial charge is 0.444 e. The van der Waals surface area contributed by atoms with Gasteiger partial charge in [-0.3, -0.25) is 15.1 Å². The Labute approximate surface area is 112 Å². The molecule has 20 heavy (non-hydrogen) atoms. The number of H-pyrrole nitrogens is 1. The Morgan fingerprint density at radius 1 is 1.40 bits per heavy atom. The predicted octanol–water partition coefficient (Wildman–Crippen LogP) is 2.22. The van der Waals surface area contributed by atoms with Crippen molar-refractivity contribution in [2.45, 2.75) is 39.0 Å². The summed E-state index contributed by atoms with van der Waals surface area (Å²) in [6.45, 7) is 4.84. The Bertz CT molecular complexity index is 546. The summed E-state index contributed by atoms with van der Waals surface area (Å²) in [5.41, 5.74) is -2.08. The Hall–Kier alpha value is -2.06. The number of alkyl halides is 3. The van der Waals surface area contributed by atoms with Gasteiger partial charge in [-0.15, -0.1) is 0 Å². The first-order valence-corrected chi connectivity index (χ1v) is 5.62. The monoisotopic (exact) mass is 293 g/mol. The van der Waals surface area contributed by atoms with Crippen molar-refractivity contribution in [1.82, 2.24) is 9.97 Å². The van der Waals surface area contributed by atoms with Crippen molar-refractivity contribution in [3.05, 3.63) is 22.1 Å². The molecule has 0 fully saturated rings. The van der Waals surface area contributed by atoms with Gasteiger partial charge in [0, 0.05) is 6.07 Å². The highest BCUT2D eigenvalue weighted by molar-refractivity contribution is 5.82. The van der Waals surface area contributed by atoms with Gasteiger partial charge < -0.3 is 4.74 Å². The number of ether oxygens (including phenoxy) is 1. The van der Waals surface area contributed by atoms with Crippen molar-refractivity contribution < 1.29 is 22.7 Å². The van der Waals surface area contributed by atoms with Crippen molar-refractivity contribution in [2.24, 2.45) is 0 Å². The summed E-state index contributed by atoms with van der Waals surface area (Å²) in [5.74, 6) is -0.397. The fraction of sp³-hybridized carbons (Fsp3) is 0.545. The summed E-state index contributed by atoms with van der Waals surface area (Å²) in [6.07, 6.45) is -6.78. The Morgan fingerprint density at radius 3 is 2.50 bits per heavy atom. The molecule has 0 atom stereocenters. The Morgan fingerprint density at radius 2 is 2.00 bits per heavy atom. The van der Waals surface area contributed by atoms with Crippen LogP contribution in [-0.2, 0) is 11.2 Å². The number of carbonyl (C=O) groups excluding carboxylic acids is 1. The number of carbonyl (C=O) groups is 1. The Balaban J connectivity index is 2.86. The van der Waals surface area contributed by atoms with Gasteiger partial charge in [-0.1, -0.05) is 0 Å². The average Bonchev–Trinajstić information content (AvgIpc) is 2.08. The van der Waals surface area contributed by atoms with Crippen LogP contribution in [0.25, 0.3) is 0 Å². The third-order valence-electron chi connectivity index (χ3n) is 1.80. The first-order chi connectivity index (χ1) is 8.94. The normalized spacial score (nSPS) is 12.1. The number of hydrogen-bond acceptors (Lipinski definition) is 4. The topological polar surface area (TPSA) is 84.1 Å². The summed E-state index contributed by atoms with van der Waals surface area (Å²) >= 11 is 0. The van der Waals surface area contributed by atoms with E-state index in [1.807, 2.05) is 0 Å². The molecule has 1 amide bonds. The van der Waals surface area contributed by atoms with Crippen molar-refractivity contribution in [3.63, 3.8) is 0 Å². The highest BCUT2D eigenvalue weighted by atomic mass is 19.4. The molecule has 0 radical (unpaired) electrons. The quantitative estimate of drug-likeness (QED) is 0.875. The van der Waals surface area contributed by atoms with Gasteiger partial charge in [-0.2, -0.15) is 13.2 Å². The molecule has 9 heteroatoms. The maximum Gasteiger partial charge on any atom is 0.414 e. The molecule has 2 N–H and O–H groups in total. The highest BCUT2D eigenvalue weighted by Crippen LogP contribution is 2.19. The summed E-state index contributed by atoms with van der Waals surface area (Å²) in [4.78, 5) is 28.2. The maximum atomic E-state index is 12.2. The van der Waals surface area contributed by atoms with Gasteiger partial charge in [0.2, 0.25) is 5.95 Å². The second kappa shape index (κ2) is 5.51. The molecule has 6 nitrogen and oxygen atoms in total. The lowest BCUT2D eigenvalue weighted by Crippen LogP contribution is -2.29. The maximum absolute atomic E-state index is 12.2. The van der Waals surface area contributed by atoms with Crippen molar-refractivity contribution in [2.75, 3.05) is 5.32 Å². The molecule has 1 heterocycles. The van der Waals surface area contributed by atoms with Crippen LogP contribution in [-0.4, -0.2) is 27.8 Å². The molecule has 0 spiro atoms. The van der Waals surface area contributed by atoms with E-state index in [-0.39, 0.29) is 0 Å². The molecule has 112 valence electrons. The zero-order valence-electron chi connectivity index (χ0n) is 11.1. The number of nitrogens with zero attached hydrogens (tertiary/aromatic N) is 1. The van der Waals surface area contributed by atoms with Crippen molar-refractivity contribution in [3.8, 4) is 0 Å². The highest BCUT2D eigenvalue weighted by Gasteiger charge is 2.29. The third kappa shape index (κ3) is 6.21. The first kappa shape index (κ1) is 16.0. The van der Waals surface area contributed by atoms with E-state index < -0.39 is 41.5 Å². The van der Waals surface area contributed by atoms with Crippen molar-refractivity contribution in [1.29, 1.82) is 0 Å². The van der Waals surface area contributed by atoms with Gasteiger partial charge in [0.25, 0.3) is 5.56 Å². The molecule has 0 aliphatic rings. The zero-order chi connectivity index (χ0) is 15.6. The lowest BCUT2D eigenvalue weighted by molar-refractivity contribution is -0.127. The standard InChI is InChI=1S/C11H14F3N3O3/c1-10(2,3)20-9(19)17-8-15-6(4-7(18)16-8)5-11(12,13)14/h4H,5H2,1-3H3,(H2,15,16,17,18,19). The van der Waals surface area contributed by atoms with E-state index in [1.54, 1.807) is 20.8 Å². The summed E-state index contributed by atoms with van der Waals surface area (Å²) in [7, 11) is 0. The fourth-order valence-corrected chi connectivity index (χ4v) is 1.26. The van der Waals surface area contributed by atoms with Gasteiger partial charge in [0.15, 0.2) is 0 Å². The van der Waals surface area contributed by atoms with Crippen molar-refractivity contribution >= 4 is 12.0 Å². The molecule has 1 aromatic heterocycles. The summed E-state index contributed by atoms with van der Waals surface area (Å²) in [6, 6.07) is 0.716. The van der Waals surface area contributed by atoms with Gasteiger partial charge in [-0.05, 0) is 20.8 Å². The molecule has 0 saturated heterocycles. The fourth-order valence-electron chi connectivity index (χ4n) is 1.26. The average molecular weight is 293 g/mol. The molecular formula is C11H14F3N3O3. The minimum atomic E-state index is -4.50. The van der Waals surface area contributed by atoms with E-state index in [0.717, 1.165) is 0 Å². The smallest absolute Gasteiger partial charge is 0.414 e. The van der Waals surface area contributed by atoms with Crippen LogP contribution in [0, 0.1) is 0 Å². The Kier molecular flexibility index (Phi) is 4.41. The summed E-state index contributed by atoms with van der Waals surface area (Å²) in [5, 5.41) is 2.07. The number of aromatic amines is 1. The van der Waals surface area contributed by atoms with Gasteiger partial charge >= 0.3 is 12.3 Å². The van der Waals surface area contributed by atoms with Crippen LogP contribution in [0.1, 0.15) is 26.5 Å². The SMILES string of the molecule is CC(C)(C)OC(=O)Nc1nc(CC(F)(F)F)cc(=O)[nH]1. The van der Waals surface area contributed by atoms with Crippen LogP contribution in [0.5, 0.6) is 0 Å². The van der Waals surface area contributed by atoms with E-state index in [9.17, 15) is 22.8 Å². The molecule has 0 aliphatic carbocycles. The van der Waals surface area contributed by atoms with E-state index in [2.05, 4.69) is 15.3 Å². The molecule has 0 saturated carbocycles. The van der Waals surface area contributed by atoms with Gasteiger partial charge in [0.1, 0.15) is 5.60 Å². The number of rotatable bonds is 2. The van der Waals surface area contributed by atoms with E-state index >= 15 is 0 Å². The molecule has 1 rings (SSSR count). The van der Waals surface area contributed by atoms with Crippen LogP contribution in [0.2, 0.25) is 0 Å². The number of hydrogen-bond donors (Lipinski definition) is 2. The second-order valence-corrected chi connectivity index (χ2v) is 5.00. The second-order valence-electron chi connectivity index (χ2n) is 5.00. The minimum Gasteiger partial charge on any atom is -0.444 e. The predicted molar refractivity (Wildman–Crippen MR) is 64.5 cm³/mol. The number of amides is 1. The minimum absolute atomic E-state index is 0.397. The molecule has 0 unspecified atom stereocenters. The molecule has 0 aromatic carbocycles. The molecular weight excluding hydrogens is 279 g/mol. The number of nitrogens with one attached hydrogen (secondary N) is 2. The van der Waals surface area contributed by atoms with Crippen LogP contribution in [0.3, 0.4) is 0 Å². The molecule has 0 aliphatic heterocycles. The summed E-state index contributed by atoms with van der Waals surface area (Å²) < 4.78 is 41.6. The van der Waals surface area contributed by atoms with Crippen LogP contribution < -0.4 is 10.9 Å². The first-order valence-electron chi connectivity index (χ1n) is 5.62. The number of aromatic nitrogens is 2. The van der Waals surface area contributed by atoms with Gasteiger partial charge in [0.05, 0.1) is 12.1 Å². The molecule has 1 aromatic rings. The van der Waals surface area contributed by atoms with Crippen LogP contribution >= 0.6 is 0 Å². The zero-order valence-corrected chi connectivity index (χ0v) is 11.1. The van der Waals surface area contributed by atoms with Crippen LogP contribution in [0.4, 0.5) is 23.9 Å².